The van der Waals surface area contributed by atoms with E-state index < -0.39 is 0 Å². The quantitative estimate of drug-likeness (QED) is 0.623. The fraction of sp³-hybridized carbons (Fsp3) is 0.286. The number of fused-ring (bicyclic) bond motifs is 1. The Morgan fingerprint density at radius 3 is 2.67 bits per heavy atom. The molecule has 15 heavy (non-hydrogen) atoms. The van der Waals surface area contributed by atoms with Crippen LogP contribution in [0.5, 0.6) is 5.75 Å². The predicted molar refractivity (Wildman–Crippen MR) is 65.0 cm³/mol. The van der Waals surface area contributed by atoms with Crippen LogP contribution in [-0.2, 0) is 6.42 Å². The van der Waals surface area contributed by atoms with Crippen LogP contribution in [0.2, 0.25) is 0 Å². The lowest BCUT2D eigenvalue weighted by atomic mass is 10.2. The van der Waals surface area contributed by atoms with Gasteiger partial charge < -0.3 is 4.74 Å². The molecule has 0 unspecified atom stereocenters. The van der Waals surface area contributed by atoms with Gasteiger partial charge in [-0.15, -0.1) is 0 Å². The number of hydrogen-bond acceptors (Lipinski definition) is 1. The van der Waals surface area contributed by atoms with Crippen LogP contribution in [-0.4, -0.2) is 0 Å². The van der Waals surface area contributed by atoms with Gasteiger partial charge in [0.25, 0.3) is 0 Å². The monoisotopic (exact) mass is 202 g/mol. The molecule has 1 heterocycles. The maximum atomic E-state index is 5.31. The van der Waals surface area contributed by atoms with E-state index >= 15 is 0 Å². The fourth-order valence-electron chi connectivity index (χ4n) is 1.39. The van der Waals surface area contributed by atoms with E-state index in [0.717, 1.165) is 24.4 Å². The molecule has 1 aromatic carbocycles. The summed E-state index contributed by atoms with van der Waals surface area (Å²) in [4.78, 5) is 0. The standard InChI is InChI=1S/C9H8O.C5H10/c1-7-6-8-4-2-3-5-9(8)10-7;1-3-5-4-2/h2-5H,1,6H2;3,5H,4H2,1-2H3/b;5-3-. The first-order valence-corrected chi connectivity index (χ1v) is 5.32. The molecule has 1 nitrogen and oxygen atoms in total. The Morgan fingerprint density at radius 2 is 2.13 bits per heavy atom. The van der Waals surface area contributed by atoms with Gasteiger partial charge in [-0.2, -0.15) is 0 Å². The summed E-state index contributed by atoms with van der Waals surface area (Å²) in [7, 11) is 0. The molecule has 0 amide bonds. The number of ether oxygens (including phenoxy) is 1. The maximum absolute atomic E-state index is 5.31. The van der Waals surface area contributed by atoms with Crippen molar-refractivity contribution in [3.8, 4) is 5.75 Å². The molecule has 0 atom stereocenters. The Bertz CT molecular complexity index is 323. The molecule has 0 aliphatic carbocycles. The Balaban J connectivity index is 0.000000195. The molecule has 1 aliphatic rings. The number of hydrogen-bond donors (Lipinski definition) is 0. The van der Waals surface area contributed by atoms with Gasteiger partial charge in [-0.25, -0.2) is 0 Å². The molecule has 2 rings (SSSR count). The van der Waals surface area contributed by atoms with Crippen LogP contribution >= 0.6 is 0 Å². The zero-order valence-corrected chi connectivity index (χ0v) is 9.49. The molecular formula is C14H18O. The molecular weight excluding hydrogens is 184 g/mol. The van der Waals surface area contributed by atoms with Gasteiger partial charge in [-0.3, -0.25) is 0 Å². The van der Waals surface area contributed by atoms with Crippen LogP contribution in [0, 0.1) is 0 Å². The summed E-state index contributed by atoms with van der Waals surface area (Å²) < 4.78 is 5.31. The van der Waals surface area contributed by atoms with Crippen molar-refractivity contribution < 1.29 is 4.74 Å². The normalized spacial score (nSPS) is 13.1. The van der Waals surface area contributed by atoms with Crippen molar-refractivity contribution in [3.05, 3.63) is 54.3 Å². The summed E-state index contributed by atoms with van der Waals surface area (Å²) >= 11 is 0. The SMILES string of the molecule is C/C=C\CC.C=C1Cc2ccccc2O1. The second-order valence-corrected chi connectivity index (χ2v) is 3.40. The zero-order chi connectivity index (χ0) is 11.1. The molecule has 80 valence electrons. The lowest BCUT2D eigenvalue weighted by Gasteiger charge is -1.94. The first-order valence-electron chi connectivity index (χ1n) is 5.32. The molecule has 0 saturated carbocycles. The highest BCUT2D eigenvalue weighted by molar-refractivity contribution is 5.40. The zero-order valence-electron chi connectivity index (χ0n) is 9.49. The van der Waals surface area contributed by atoms with Crippen molar-refractivity contribution in [3.63, 3.8) is 0 Å². The van der Waals surface area contributed by atoms with E-state index in [0.29, 0.717) is 0 Å². The molecule has 0 bridgehead atoms. The molecule has 0 radical (unpaired) electrons. The lowest BCUT2D eigenvalue weighted by Crippen LogP contribution is -1.81. The highest BCUT2D eigenvalue weighted by atomic mass is 16.5. The highest BCUT2D eigenvalue weighted by Crippen LogP contribution is 2.28. The van der Waals surface area contributed by atoms with Crippen LogP contribution in [0.15, 0.2) is 48.8 Å². The topological polar surface area (TPSA) is 9.23 Å². The first-order chi connectivity index (χ1) is 7.27. The van der Waals surface area contributed by atoms with Crippen molar-refractivity contribution >= 4 is 0 Å². The van der Waals surface area contributed by atoms with Gasteiger partial charge >= 0.3 is 0 Å². The Hall–Kier alpha value is -1.50. The van der Waals surface area contributed by atoms with Gasteiger partial charge in [-0.05, 0) is 19.4 Å². The molecule has 0 fully saturated rings. The van der Waals surface area contributed by atoms with Gasteiger partial charge in [-0.1, -0.05) is 43.9 Å². The van der Waals surface area contributed by atoms with Crippen LogP contribution in [0.25, 0.3) is 0 Å². The molecule has 0 saturated heterocycles. The third kappa shape index (κ3) is 3.62. The predicted octanol–water partition coefficient (Wildman–Crippen LogP) is 4.11. The second kappa shape index (κ2) is 6.07. The van der Waals surface area contributed by atoms with Crippen LogP contribution in [0.1, 0.15) is 25.8 Å². The largest absolute Gasteiger partial charge is 0.462 e. The highest BCUT2D eigenvalue weighted by Gasteiger charge is 2.13. The van der Waals surface area contributed by atoms with Crippen molar-refractivity contribution in [1.82, 2.24) is 0 Å². The Labute approximate surface area is 92.1 Å². The Kier molecular flexibility index (Phi) is 4.69. The number of allylic oxidation sites excluding steroid dienone is 3. The summed E-state index contributed by atoms with van der Waals surface area (Å²) in [5.74, 6) is 1.81. The molecule has 0 aromatic heterocycles. The summed E-state index contributed by atoms with van der Waals surface area (Å²) in [5, 5.41) is 0. The van der Waals surface area contributed by atoms with E-state index in [9.17, 15) is 0 Å². The van der Waals surface area contributed by atoms with E-state index in [2.05, 4.69) is 31.7 Å². The van der Waals surface area contributed by atoms with E-state index in [4.69, 9.17) is 4.74 Å². The van der Waals surface area contributed by atoms with Crippen LogP contribution in [0.3, 0.4) is 0 Å². The first kappa shape index (κ1) is 11.6. The van der Waals surface area contributed by atoms with Gasteiger partial charge in [0.2, 0.25) is 0 Å². The minimum absolute atomic E-state index is 0.848. The molecule has 0 spiro atoms. The minimum Gasteiger partial charge on any atom is -0.462 e. The third-order valence-corrected chi connectivity index (χ3v) is 2.09. The summed E-state index contributed by atoms with van der Waals surface area (Å²) in [6, 6.07) is 8.01. The van der Waals surface area contributed by atoms with Gasteiger partial charge in [0.15, 0.2) is 0 Å². The second-order valence-electron chi connectivity index (χ2n) is 3.40. The van der Waals surface area contributed by atoms with Crippen molar-refractivity contribution in [2.75, 3.05) is 0 Å². The van der Waals surface area contributed by atoms with E-state index in [1.54, 1.807) is 0 Å². The van der Waals surface area contributed by atoms with Crippen molar-refractivity contribution in [2.24, 2.45) is 0 Å². The van der Waals surface area contributed by atoms with Crippen LogP contribution < -0.4 is 4.74 Å². The van der Waals surface area contributed by atoms with Crippen LogP contribution in [0.4, 0.5) is 0 Å². The number of para-hydroxylation sites is 1. The third-order valence-electron chi connectivity index (χ3n) is 2.09. The average Bonchev–Trinajstić information content (AvgIpc) is 2.60. The molecule has 1 heteroatoms. The minimum atomic E-state index is 0.848. The lowest BCUT2D eigenvalue weighted by molar-refractivity contribution is 0.449. The van der Waals surface area contributed by atoms with E-state index in [-0.39, 0.29) is 0 Å². The summed E-state index contributed by atoms with van der Waals surface area (Å²) in [6.07, 6.45) is 6.21. The number of benzene rings is 1. The molecule has 0 N–H and O–H groups in total. The fourth-order valence-corrected chi connectivity index (χ4v) is 1.39. The molecule has 1 aliphatic heterocycles. The van der Waals surface area contributed by atoms with E-state index in [1.165, 1.54) is 5.56 Å². The average molecular weight is 202 g/mol. The molecule has 1 aromatic rings. The summed E-state index contributed by atoms with van der Waals surface area (Å²) in [6.45, 7) is 7.90. The van der Waals surface area contributed by atoms with Crippen molar-refractivity contribution in [1.29, 1.82) is 0 Å². The van der Waals surface area contributed by atoms with E-state index in [1.807, 2.05) is 25.1 Å². The smallest absolute Gasteiger partial charge is 0.130 e. The van der Waals surface area contributed by atoms with Gasteiger partial charge in [0.05, 0.1) is 0 Å². The maximum Gasteiger partial charge on any atom is 0.130 e. The van der Waals surface area contributed by atoms with Gasteiger partial charge in [0, 0.05) is 12.0 Å². The van der Waals surface area contributed by atoms with Crippen molar-refractivity contribution in [2.45, 2.75) is 26.7 Å². The summed E-state index contributed by atoms with van der Waals surface area (Å²) in [5.41, 5.74) is 1.24. The van der Waals surface area contributed by atoms with Gasteiger partial charge in [0.1, 0.15) is 11.5 Å². The Morgan fingerprint density at radius 1 is 1.40 bits per heavy atom. The number of rotatable bonds is 1.